The van der Waals surface area contributed by atoms with Crippen LogP contribution in [0.15, 0.2) is 71.6 Å². The van der Waals surface area contributed by atoms with Crippen LogP contribution in [0.5, 0.6) is 11.5 Å². The number of ether oxygens (including phenoxy) is 2. The molecule has 3 aromatic carbocycles. The van der Waals surface area contributed by atoms with Gasteiger partial charge in [0.15, 0.2) is 6.10 Å². The number of hydrogen-bond donors (Lipinski definition) is 1. The normalized spacial score (nSPS) is 15.5. The first-order valence-corrected chi connectivity index (χ1v) is 11.5. The van der Waals surface area contributed by atoms with E-state index in [-0.39, 0.29) is 11.4 Å². The molecule has 166 valence electrons. The monoisotopic (exact) mass is 452 g/mol. The fourth-order valence-corrected chi connectivity index (χ4v) is 5.00. The molecule has 1 heterocycles. The summed E-state index contributed by atoms with van der Waals surface area (Å²) < 4.78 is 39.5. The lowest BCUT2D eigenvalue weighted by atomic mass is 10.1. The number of nitrogens with zero attached hydrogens (tertiary/aromatic N) is 1. The van der Waals surface area contributed by atoms with Gasteiger partial charge in [-0.25, -0.2) is 8.42 Å². The topological polar surface area (TPSA) is 84.9 Å². The Balaban J connectivity index is 1.70. The molecule has 1 N–H and O–H groups in total. The zero-order valence-corrected chi connectivity index (χ0v) is 18.8. The van der Waals surface area contributed by atoms with Crippen molar-refractivity contribution in [3.05, 3.63) is 77.9 Å². The number of anilines is 2. The van der Waals surface area contributed by atoms with Crippen LogP contribution in [0.4, 0.5) is 11.4 Å². The van der Waals surface area contributed by atoms with Gasteiger partial charge in [-0.15, -0.1) is 0 Å². The van der Waals surface area contributed by atoms with Gasteiger partial charge in [0.2, 0.25) is 0 Å². The highest BCUT2D eigenvalue weighted by Gasteiger charge is 2.37. The molecule has 0 aromatic heterocycles. The Labute approximate surface area is 187 Å². The van der Waals surface area contributed by atoms with E-state index in [1.807, 2.05) is 19.9 Å². The van der Waals surface area contributed by atoms with Crippen molar-refractivity contribution < 1.29 is 22.7 Å². The molecule has 0 spiro atoms. The predicted molar refractivity (Wildman–Crippen MR) is 123 cm³/mol. The summed E-state index contributed by atoms with van der Waals surface area (Å²) in [7, 11) is -2.40. The number of benzene rings is 3. The molecule has 1 atom stereocenters. The van der Waals surface area contributed by atoms with Crippen molar-refractivity contribution >= 4 is 27.3 Å². The number of fused-ring (bicyclic) bond motifs is 1. The second-order valence-corrected chi connectivity index (χ2v) is 9.48. The average Bonchev–Trinajstić information content (AvgIpc) is 2.78. The van der Waals surface area contributed by atoms with Crippen molar-refractivity contribution in [2.24, 2.45) is 0 Å². The minimum Gasteiger partial charge on any atom is -0.495 e. The van der Waals surface area contributed by atoms with E-state index in [1.165, 1.54) is 11.4 Å². The largest absolute Gasteiger partial charge is 0.495 e. The lowest BCUT2D eigenvalue weighted by molar-refractivity contribution is -0.122. The van der Waals surface area contributed by atoms with Crippen molar-refractivity contribution in [3.63, 3.8) is 0 Å². The van der Waals surface area contributed by atoms with Gasteiger partial charge >= 0.3 is 0 Å². The van der Waals surface area contributed by atoms with Gasteiger partial charge in [-0.1, -0.05) is 35.9 Å². The van der Waals surface area contributed by atoms with Crippen molar-refractivity contribution in [2.45, 2.75) is 24.8 Å². The zero-order chi connectivity index (χ0) is 22.9. The molecule has 0 unspecified atom stereocenters. The van der Waals surface area contributed by atoms with Crippen LogP contribution in [-0.2, 0) is 14.8 Å². The van der Waals surface area contributed by atoms with E-state index in [0.717, 1.165) is 11.1 Å². The summed E-state index contributed by atoms with van der Waals surface area (Å²) in [6.07, 6.45) is -1.05. The number of sulfonamides is 1. The summed E-state index contributed by atoms with van der Waals surface area (Å²) in [6.45, 7) is 3.61. The molecule has 1 aliphatic heterocycles. The minimum absolute atomic E-state index is 0.153. The Morgan fingerprint density at radius 3 is 2.44 bits per heavy atom. The molecule has 8 heteroatoms. The van der Waals surface area contributed by atoms with Crippen LogP contribution in [0.25, 0.3) is 0 Å². The van der Waals surface area contributed by atoms with E-state index >= 15 is 0 Å². The summed E-state index contributed by atoms with van der Waals surface area (Å²) >= 11 is 0. The smallest absolute Gasteiger partial charge is 0.267 e. The van der Waals surface area contributed by atoms with Gasteiger partial charge in [0.05, 0.1) is 29.9 Å². The summed E-state index contributed by atoms with van der Waals surface area (Å²) in [5.41, 5.74) is 2.72. The molecule has 7 nitrogen and oxygen atoms in total. The molecule has 0 radical (unpaired) electrons. The highest BCUT2D eigenvalue weighted by molar-refractivity contribution is 7.92. The Kier molecular flexibility index (Phi) is 5.80. The summed E-state index contributed by atoms with van der Waals surface area (Å²) in [4.78, 5) is 13.2. The maximum atomic E-state index is 13.5. The zero-order valence-electron chi connectivity index (χ0n) is 18.0. The van der Waals surface area contributed by atoms with E-state index < -0.39 is 22.0 Å². The number of rotatable bonds is 5. The maximum absolute atomic E-state index is 13.5. The number of methoxy groups -OCH3 is 1. The third-order valence-corrected chi connectivity index (χ3v) is 7.05. The van der Waals surface area contributed by atoms with E-state index in [9.17, 15) is 13.2 Å². The maximum Gasteiger partial charge on any atom is 0.267 e. The minimum atomic E-state index is -3.91. The van der Waals surface area contributed by atoms with E-state index in [0.29, 0.717) is 22.9 Å². The van der Waals surface area contributed by atoms with E-state index in [4.69, 9.17) is 9.47 Å². The van der Waals surface area contributed by atoms with Gasteiger partial charge < -0.3 is 14.8 Å². The molecule has 0 saturated heterocycles. The number of nitrogens with one attached hydrogen (secondary N) is 1. The summed E-state index contributed by atoms with van der Waals surface area (Å²) in [6, 6.07) is 18.9. The molecule has 32 heavy (non-hydrogen) atoms. The molecule has 3 aromatic rings. The van der Waals surface area contributed by atoms with Crippen LogP contribution in [0.1, 0.15) is 11.1 Å². The Morgan fingerprint density at radius 2 is 1.72 bits per heavy atom. The van der Waals surface area contributed by atoms with Crippen molar-refractivity contribution in [1.82, 2.24) is 0 Å². The molecule has 0 saturated carbocycles. The lowest BCUT2D eigenvalue weighted by Crippen LogP contribution is -2.48. The first-order chi connectivity index (χ1) is 15.3. The van der Waals surface area contributed by atoms with Crippen molar-refractivity contribution in [3.8, 4) is 11.5 Å². The van der Waals surface area contributed by atoms with Crippen LogP contribution < -0.4 is 19.1 Å². The molecule has 4 rings (SSSR count). The molecule has 0 aliphatic carbocycles. The lowest BCUT2D eigenvalue weighted by Gasteiger charge is -2.35. The highest BCUT2D eigenvalue weighted by Crippen LogP contribution is 2.38. The molecular formula is C24H24N2O5S. The van der Waals surface area contributed by atoms with Crippen LogP contribution in [-0.4, -0.2) is 34.1 Å². The first-order valence-electron chi connectivity index (χ1n) is 10.1. The molecule has 0 bridgehead atoms. The standard InChI is InChI=1S/C24H24N2O5S/c1-16-8-11-18(12-9-16)32(28,29)26-15-23(31-22-14-17(2)10-13-20(22)26)24(27)25-19-6-4-5-7-21(19)30-3/h4-14,23H,15H2,1-3H3,(H,25,27)/t23-/m1/s1. The van der Waals surface area contributed by atoms with Crippen molar-refractivity contribution in [1.29, 1.82) is 0 Å². The Bertz CT molecular complexity index is 1260. The van der Waals surface area contributed by atoms with E-state index in [2.05, 4.69) is 5.32 Å². The predicted octanol–water partition coefficient (Wildman–Crippen LogP) is 3.91. The number of hydrogen-bond acceptors (Lipinski definition) is 5. The Hall–Kier alpha value is -3.52. The summed E-state index contributed by atoms with van der Waals surface area (Å²) in [5.74, 6) is 0.370. The number of aryl methyl sites for hydroxylation is 2. The number of para-hydroxylation sites is 2. The fraction of sp³-hybridized carbons (Fsp3) is 0.208. The van der Waals surface area contributed by atoms with Gasteiger partial charge in [-0.3, -0.25) is 9.10 Å². The number of carbonyl (C=O) groups excluding carboxylic acids is 1. The van der Waals surface area contributed by atoms with Gasteiger partial charge in [-0.05, 0) is 55.8 Å². The number of carbonyl (C=O) groups is 1. The molecule has 1 amide bonds. The van der Waals surface area contributed by atoms with Gasteiger partial charge in [0, 0.05) is 0 Å². The first kappa shape index (κ1) is 21.7. The van der Waals surface area contributed by atoms with Gasteiger partial charge in [0.1, 0.15) is 11.5 Å². The van der Waals surface area contributed by atoms with Crippen LogP contribution in [0, 0.1) is 13.8 Å². The van der Waals surface area contributed by atoms with Crippen LogP contribution in [0.2, 0.25) is 0 Å². The number of amides is 1. The summed E-state index contributed by atoms with van der Waals surface area (Å²) in [5, 5.41) is 2.79. The van der Waals surface area contributed by atoms with E-state index in [1.54, 1.807) is 60.7 Å². The molecular weight excluding hydrogens is 428 g/mol. The van der Waals surface area contributed by atoms with Crippen molar-refractivity contribution in [2.75, 3.05) is 23.3 Å². The fourth-order valence-electron chi connectivity index (χ4n) is 3.52. The van der Waals surface area contributed by atoms with Crippen LogP contribution in [0.3, 0.4) is 0 Å². The third-order valence-electron chi connectivity index (χ3n) is 5.25. The second-order valence-electron chi connectivity index (χ2n) is 7.62. The van der Waals surface area contributed by atoms with Gasteiger partial charge in [-0.2, -0.15) is 0 Å². The highest BCUT2D eigenvalue weighted by atomic mass is 32.2. The Morgan fingerprint density at radius 1 is 1.03 bits per heavy atom. The SMILES string of the molecule is COc1ccccc1NC(=O)[C@H]1CN(S(=O)(=O)c2ccc(C)cc2)c2ccc(C)cc2O1. The molecule has 1 aliphatic rings. The van der Waals surface area contributed by atoms with Crippen LogP contribution >= 0.6 is 0 Å². The second kappa shape index (κ2) is 8.55. The van der Waals surface area contributed by atoms with Gasteiger partial charge in [0.25, 0.3) is 15.9 Å². The average molecular weight is 453 g/mol. The third kappa shape index (κ3) is 4.13. The molecule has 0 fully saturated rings. The quantitative estimate of drug-likeness (QED) is 0.635.